The number of halogens is 1. The van der Waals surface area contributed by atoms with Crippen LogP contribution in [0.1, 0.15) is 45.1 Å². The molecule has 1 aromatic rings. The van der Waals surface area contributed by atoms with Crippen LogP contribution in [0.15, 0.2) is 18.2 Å². The zero-order valence-electron chi connectivity index (χ0n) is 18.0. The molecular weight excluding hydrogens is 388 g/mol. The molecule has 5 nitrogen and oxygen atoms in total. The van der Waals surface area contributed by atoms with Gasteiger partial charge in [-0.3, -0.25) is 4.79 Å². The van der Waals surface area contributed by atoms with Gasteiger partial charge < -0.3 is 19.6 Å². The van der Waals surface area contributed by atoms with Gasteiger partial charge in [0.1, 0.15) is 11.9 Å². The van der Waals surface area contributed by atoms with Crippen LogP contribution in [0, 0.1) is 18.3 Å². The third-order valence-electron chi connectivity index (χ3n) is 6.39. The Morgan fingerprint density at radius 2 is 1.76 bits per heavy atom. The number of aliphatic carboxylic acids is 1. The lowest BCUT2D eigenvalue weighted by Crippen LogP contribution is -2.46. The summed E-state index contributed by atoms with van der Waals surface area (Å²) in [6.07, 6.45) is 4.74. The Morgan fingerprint density at radius 1 is 1.14 bits per heavy atom. The maximum atomic E-state index is 11.3. The van der Waals surface area contributed by atoms with Crippen molar-refractivity contribution in [3.05, 3.63) is 28.8 Å². The fourth-order valence-corrected chi connectivity index (χ4v) is 4.68. The van der Waals surface area contributed by atoms with Gasteiger partial charge in [-0.2, -0.15) is 0 Å². The maximum Gasteiger partial charge on any atom is 0.310 e. The number of aryl methyl sites for hydroxylation is 1. The highest BCUT2D eigenvalue weighted by Crippen LogP contribution is 2.27. The third kappa shape index (κ3) is 6.34. The number of carboxylic acids is 1. The van der Waals surface area contributed by atoms with Crippen LogP contribution in [-0.2, 0) is 4.79 Å². The molecule has 0 unspecified atom stereocenters. The average Bonchev–Trinajstić information content (AvgIpc) is 2.67. The molecule has 0 aromatic heterocycles. The van der Waals surface area contributed by atoms with Crippen LogP contribution in [0.3, 0.4) is 0 Å². The van der Waals surface area contributed by atoms with Gasteiger partial charge >= 0.3 is 5.97 Å². The Hall–Kier alpha value is -1.30. The normalized spacial score (nSPS) is 20.7. The molecule has 0 radical (unpaired) electrons. The first-order chi connectivity index (χ1) is 13.7. The maximum absolute atomic E-state index is 11.3. The molecule has 1 aromatic carbocycles. The monoisotopic (exact) mass is 422 g/mol. The number of piperidine rings is 2. The number of carboxylic acid groups (broad SMARTS) is 1. The van der Waals surface area contributed by atoms with Crippen molar-refractivity contribution in [1.82, 2.24) is 9.80 Å². The summed E-state index contributed by atoms with van der Waals surface area (Å²) in [6, 6.07) is 5.82. The fraction of sp³-hybridized carbons (Fsp3) is 0.696. The Kier molecular flexibility index (Phi) is 7.47. The summed E-state index contributed by atoms with van der Waals surface area (Å²) in [5.74, 6) is 0.957. The first-order valence-corrected chi connectivity index (χ1v) is 11.2. The number of hydrogen-bond acceptors (Lipinski definition) is 4. The second-order valence-corrected chi connectivity index (χ2v) is 9.87. The molecule has 6 heteroatoms. The van der Waals surface area contributed by atoms with E-state index in [0.717, 1.165) is 80.7 Å². The predicted molar refractivity (Wildman–Crippen MR) is 117 cm³/mol. The van der Waals surface area contributed by atoms with Gasteiger partial charge in [0.05, 0.1) is 5.41 Å². The van der Waals surface area contributed by atoms with Gasteiger partial charge in [-0.1, -0.05) is 11.6 Å². The van der Waals surface area contributed by atoms with Crippen molar-refractivity contribution < 1.29 is 14.6 Å². The van der Waals surface area contributed by atoms with Crippen LogP contribution < -0.4 is 4.74 Å². The van der Waals surface area contributed by atoms with Crippen molar-refractivity contribution in [2.45, 2.75) is 52.6 Å². The standard InChI is InChI=1S/C23H35ClN2O3/c1-17-14-19(24)4-5-21(17)29-20-8-12-25(13-9-20)15-18-6-10-26(11-7-18)16-23(2,3)22(27)28/h4-5,14,18,20H,6-13,15-16H2,1-3H3,(H,27,28). The molecule has 2 aliphatic rings. The van der Waals surface area contributed by atoms with Crippen LogP contribution in [0.4, 0.5) is 0 Å². The van der Waals surface area contributed by atoms with E-state index in [2.05, 4.69) is 9.80 Å². The van der Waals surface area contributed by atoms with Crippen molar-refractivity contribution in [2.24, 2.45) is 11.3 Å². The van der Waals surface area contributed by atoms with E-state index in [4.69, 9.17) is 16.3 Å². The lowest BCUT2D eigenvalue weighted by Gasteiger charge is -2.39. The minimum absolute atomic E-state index is 0.284. The van der Waals surface area contributed by atoms with Crippen molar-refractivity contribution in [3.8, 4) is 5.75 Å². The highest BCUT2D eigenvalue weighted by atomic mass is 35.5. The van der Waals surface area contributed by atoms with E-state index in [0.29, 0.717) is 6.54 Å². The molecule has 0 atom stereocenters. The Balaban J connectivity index is 1.38. The van der Waals surface area contributed by atoms with Crippen LogP contribution in [0.5, 0.6) is 5.75 Å². The molecule has 2 saturated heterocycles. The lowest BCUT2D eigenvalue weighted by molar-refractivity contribution is -0.148. The summed E-state index contributed by atoms with van der Waals surface area (Å²) >= 11 is 6.03. The van der Waals surface area contributed by atoms with E-state index < -0.39 is 11.4 Å². The van der Waals surface area contributed by atoms with Crippen molar-refractivity contribution in [3.63, 3.8) is 0 Å². The van der Waals surface area contributed by atoms with Crippen molar-refractivity contribution in [2.75, 3.05) is 39.3 Å². The van der Waals surface area contributed by atoms with Gasteiger partial charge in [0, 0.05) is 31.2 Å². The minimum Gasteiger partial charge on any atom is -0.490 e. The number of benzene rings is 1. The number of rotatable bonds is 7. The van der Waals surface area contributed by atoms with Gasteiger partial charge in [0.15, 0.2) is 0 Å². The van der Waals surface area contributed by atoms with Crippen LogP contribution >= 0.6 is 11.6 Å². The molecule has 0 aliphatic carbocycles. The largest absolute Gasteiger partial charge is 0.490 e. The van der Waals surface area contributed by atoms with E-state index in [1.165, 1.54) is 0 Å². The van der Waals surface area contributed by atoms with Gasteiger partial charge in [0.25, 0.3) is 0 Å². The zero-order valence-corrected chi connectivity index (χ0v) is 18.7. The number of ether oxygens (including phenoxy) is 1. The molecule has 3 rings (SSSR count). The second-order valence-electron chi connectivity index (χ2n) is 9.44. The van der Waals surface area contributed by atoms with Gasteiger partial charge in [-0.05, 0) is 89.2 Å². The number of likely N-dealkylation sites (tertiary alicyclic amines) is 2. The Morgan fingerprint density at radius 3 is 2.34 bits per heavy atom. The quantitative estimate of drug-likeness (QED) is 0.709. The van der Waals surface area contributed by atoms with E-state index in [9.17, 15) is 9.90 Å². The van der Waals surface area contributed by atoms with Crippen LogP contribution in [-0.4, -0.2) is 66.2 Å². The van der Waals surface area contributed by atoms with E-state index in [1.807, 2.05) is 39.0 Å². The van der Waals surface area contributed by atoms with Gasteiger partial charge in [-0.15, -0.1) is 0 Å². The van der Waals surface area contributed by atoms with Crippen molar-refractivity contribution >= 4 is 17.6 Å². The smallest absolute Gasteiger partial charge is 0.310 e. The summed E-state index contributed by atoms with van der Waals surface area (Å²) in [5.41, 5.74) is 0.426. The third-order valence-corrected chi connectivity index (χ3v) is 6.62. The van der Waals surface area contributed by atoms with E-state index in [1.54, 1.807) is 0 Å². The number of carbonyl (C=O) groups is 1. The van der Waals surface area contributed by atoms with Gasteiger partial charge in [0.2, 0.25) is 0 Å². The summed E-state index contributed by atoms with van der Waals surface area (Å²) < 4.78 is 6.22. The molecule has 0 saturated carbocycles. The first kappa shape index (κ1) is 22.4. The second kappa shape index (κ2) is 9.67. The Bertz CT molecular complexity index is 693. The fourth-order valence-electron chi connectivity index (χ4n) is 4.45. The Labute approximate surface area is 180 Å². The summed E-state index contributed by atoms with van der Waals surface area (Å²) in [4.78, 5) is 16.2. The predicted octanol–water partition coefficient (Wildman–Crippen LogP) is 4.31. The molecular formula is C23H35ClN2O3. The molecule has 1 N–H and O–H groups in total. The molecule has 162 valence electrons. The van der Waals surface area contributed by atoms with Crippen molar-refractivity contribution in [1.29, 1.82) is 0 Å². The SMILES string of the molecule is Cc1cc(Cl)ccc1OC1CCN(CC2CCN(CC(C)(C)C(=O)O)CC2)CC1. The lowest BCUT2D eigenvalue weighted by atomic mass is 9.90. The van der Waals surface area contributed by atoms with E-state index >= 15 is 0 Å². The molecule has 29 heavy (non-hydrogen) atoms. The highest BCUT2D eigenvalue weighted by Gasteiger charge is 2.32. The first-order valence-electron chi connectivity index (χ1n) is 10.8. The number of hydrogen-bond donors (Lipinski definition) is 1. The highest BCUT2D eigenvalue weighted by molar-refractivity contribution is 6.30. The molecule has 2 aliphatic heterocycles. The average molecular weight is 423 g/mol. The molecule has 0 spiro atoms. The zero-order chi connectivity index (χ0) is 21.0. The molecule has 2 fully saturated rings. The van der Waals surface area contributed by atoms with E-state index in [-0.39, 0.29) is 6.10 Å². The summed E-state index contributed by atoms with van der Waals surface area (Å²) in [5, 5.41) is 10.1. The van der Waals surface area contributed by atoms with Gasteiger partial charge in [-0.25, -0.2) is 0 Å². The molecule has 2 heterocycles. The number of nitrogens with zero attached hydrogens (tertiary/aromatic N) is 2. The summed E-state index contributed by atoms with van der Waals surface area (Å²) in [6.45, 7) is 11.7. The summed E-state index contributed by atoms with van der Waals surface area (Å²) in [7, 11) is 0. The minimum atomic E-state index is -0.710. The molecule has 0 amide bonds. The molecule has 0 bridgehead atoms. The topological polar surface area (TPSA) is 53.0 Å². The van der Waals surface area contributed by atoms with Crippen LogP contribution in [0.25, 0.3) is 0 Å². The van der Waals surface area contributed by atoms with Crippen LogP contribution in [0.2, 0.25) is 5.02 Å².